The minimum atomic E-state index is -0.849. The molecule has 8 nitrogen and oxygen atoms in total. The lowest BCUT2D eigenvalue weighted by Crippen LogP contribution is -2.48. The van der Waals surface area contributed by atoms with E-state index in [1.165, 1.54) is 7.11 Å². The first-order valence-corrected chi connectivity index (χ1v) is 8.83. The first-order chi connectivity index (χ1) is 13.5. The van der Waals surface area contributed by atoms with Gasteiger partial charge in [-0.2, -0.15) is 0 Å². The zero-order chi connectivity index (χ0) is 20.1. The molecule has 1 aliphatic rings. The number of methoxy groups -OCH3 is 1. The Morgan fingerprint density at radius 3 is 2.54 bits per heavy atom. The van der Waals surface area contributed by atoms with Gasteiger partial charge in [-0.25, -0.2) is 10.3 Å². The van der Waals surface area contributed by atoms with E-state index in [1.54, 1.807) is 48.5 Å². The predicted molar refractivity (Wildman–Crippen MR) is 102 cm³/mol. The van der Waals surface area contributed by atoms with Crippen LogP contribution in [0.5, 0.6) is 11.5 Å². The number of nitrogens with zero attached hydrogens (tertiary/aromatic N) is 1. The van der Waals surface area contributed by atoms with E-state index in [-0.39, 0.29) is 12.3 Å². The van der Waals surface area contributed by atoms with Crippen LogP contribution in [0, 0.1) is 0 Å². The van der Waals surface area contributed by atoms with Crippen LogP contribution in [-0.2, 0) is 9.59 Å². The third kappa shape index (κ3) is 3.96. The first kappa shape index (κ1) is 19.4. The zero-order valence-electron chi connectivity index (χ0n) is 15.6. The summed E-state index contributed by atoms with van der Waals surface area (Å²) >= 11 is 0. The van der Waals surface area contributed by atoms with Crippen molar-refractivity contribution in [3.63, 3.8) is 0 Å². The molecular weight excluding hydrogens is 362 g/mol. The molecule has 28 heavy (non-hydrogen) atoms. The summed E-state index contributed by atoms with van der Waals surface area (Å²) in [6.07, 6.45) is -0.0573. The van der Waals surface area contributed by atoms with Gasteiger partial charge in [0.2, 0.25) is 5.91 Å². The summed E-state index contributed by atoms with van der Waals surface area (Å²) in [5.74, 6) is -0.180. The molecule has 1 atom stereocenters. The number of hydrogen-bond acceptors (Lipinski definition) is 6. The molecule has 2 aromatic rings. The van der Waals surface area contributed by atoms with E-state index in [0.29, 0.717) is 29.4 Å². The monoisotopic (exact) mass is 383 g/mol. The summed E-state index contributed by atoms with van der Waals surface area (Å²) in [6.45, 7) is 2.40. The van der Waals surface area contributed by atoms with Gasteiger partial charge in [0.15, 0.2) is 0 Å². The molecule has 0 aromatic heterocycles. The van der Waals surface area contributed by atoms with Gasteiger partial charge in [0.25, 0.3) is 11.8 Å². The SMILES string of the molecule is CCOc1ccc(N2C(=O)CC(NNC(=O)c3ccccc3OC)C2=O)cc1. The number of nitrogens with one attached hydrogen (secondary N) is 2. The van der Waals surface area contributed by atoms with Crippen LogP contribution in [0.3, 0.4) is 0 Å². The average molecular weight is 383 g/mol. The van der Waals surface area contributed by atoms with Crippen molar-refractivity contribution in [2.75, 3.05) is 18.6 Å². The Balaban J connectivity index is 1.65. The van der Waals surface area contributed by atoms with Gasteiger partial charge in [0.1, 0.15) is 17.5 Å². The van der Waals surface area contributed by atoms with E-state index in [1.807, 2.05) is 6.92 Å². The lowest BCUT2D eigenvalue weighted by Gasteiger charge is -2.16. The molecule has 3 amide bonds. The average Bonchev–Trinajstić information content (AvgIpc) is 3.00. The van der Waals surface area contributed by atoms with E-state index in [9.17, 15) is 14.4 Å². The Morgan fingerprint density at radius 1 is 1.14 bits per heavy atom. The van der Waals surface area contributed by atoms with Crippen molar-refractivity contribution in [1.82, 2.24) is 10.9 Å². The summed E-state index contributed by atoms with van der Waals surface area (Å²) in [5, 5.41) is 0. The van der Waals surface area contributed by atoms with E-state index >= 15 is 0 Å². The summed E-state index contributed by atoms with van der Waals surface area (Å²) in [4.78, 5) is 38.4. The highest BCUT2D eigenvalue weighted by Gasteiger charge is 2.39. The number of rotatable bonds is 7. The van der Waals surface area contributed by atoms with Crippen molar-refractivity contribution in [2.45, 2.75) is 19.4 Å². The zero-order valence-corrected chi connectivity index (χ0v) is 15.6. The number of carbonyl (C=O) groups is 3. The third-order valence-corrected chi connectivity index (χ3v) is 4.26. The highest BCUT2D eigenvalue weighted by atomic mass is 16.5. The maximum atomic E-state index is 12.6. The number of hydrogen-bond donors (Lipinski definition) is 2. The molecule has 1 heterocycles. The third-order valence-electron chi connectivity index (χ3n) is 4.26. The largest absolute Gasteiger partial charge is 0.496 e. The van der Waals surface area contributed by atoms with Gasteiger partial charge in [-0.3, -0.25) is 19.8 Å². The Bertz CT molecular complexity index is 882. The van der Waals surface area contributed by atoms with Gasteiger partial charge < -0.3 is 9.47 Å². The molecule has 1 aliphatic heterocycles. The number of anilines is 1. The van der Waals surface area contributed by atoms with Gasteiger partial charge in [-0.05, 0) is 43.3 Å². The molecule has 1 saturated heterocycles. The van der Waals surface area contributed by atoms with Gasteiger partial charge >= 0.3 is 0 Å². The quantitative estimate of drug-likeness (QED) is 0.558. The van der Waals surface area contributed by atoms with Crippen LogP contribution >= 0.6 is 0 Å². The Morgan fingerprint density at radius 2 is 1.86 bits per heavy atom. The molecule has 2 N–H and O–H groups in total. The molecule has 0 radical (unpaired) electrons. The number of benzene rings is 2. The van der Waals surface area contributed by atoms with E-state index < -0.39 is 17.9 Å². The smallest absolute Gasteiger partial charge is 0.269 e. The fourth-order valence-electron chi connectivity index (χ4n) is 2.93. The second-order valence-electron chi connectivity index (χ2n) is 6.05. The van der Waals surface area contributed by atoms with Crippen LogP contribution in [0.15, 0.2) is 48.5 Å². The van der Waals surface area contributed by atoms with Gasteiger partial charge in [0.05, 0.1) is 31.4 Å². The van der Waals surface area contributed by atoms with Crippen molar-refractivity contribution >= 4 is 23.4 Å². The Hall–Kier alpha value is -3.39. The van der Waals surface area contributed by atoms with Crippen molar-refractivity contribution in [3.05, 3.63) is 54.1 Å². The Labute approximate surface area is 162 Å². The molecule has 1 fully saturated rings. The number of carbonyl (C=O) groups excluding carboxylic acids is 3. The second kappa shape index (κ2) is 8.53. The molecule has 3 rings (SSSR count). The van der Waals surface area contributed by atoms with Gasteiger partial charge in [0, 0.05) is 0 Å². The standard InChI is InChI=1S/C20H21N3O5/c1-3-28-14-10-8-13(9-11-14)23-18(24)12-16(20(23)26)21-22-19(25)15-6-4-5-7-17(15)27-2/h4-11,16,21H,3,12H2,1-2H3,(H,22,25). The lowest BCUT2D eigenvalue weighted by molar-refractivity contribution is -0.121. The molecule has 0 bridgehead atoms. The molecule has 8 heteroatoms. The van der Waals surface area contributed by atoms with Crippen LogP contribution < -0.4 is 25.2 Å². The summed E-state index contributed by atoms with van der Waals surface area (Å²) in [6, 6.07) is 12.6. The molecular formula is C20H21N3O5. The fourth-order valence-corrected chi connectivity index (χ4v) is 2.93. The second-order valence-corrected chi connectivity index (χ2v) is 6.05. The normalized spacial score (nSPS) is 16.2. The van der Waals surface area contributed by atoms with Gasteiger partial charge in [-0.1, -0.05) is 12.1 Å². The van der Waals surface area contributed by atoms with Crippen LogP contribution in [0.4, 0.5) is 5.69 Å². The maximum Gasteiger partial charge on any atom is 0.269 e. The lowest BCUT2D eigenvalue weighted by atomic mass is 10.2. The minimum Gasteiger partial charge on any atom is -0.496 e. The summed E-state index contributed by atoms with van der Waals surface area (Å²) < 4.78 is 10.5. The number of imide groups is 1. The predicted octanol–water partition coefficient (Wildman–Crippen LogP) is 1.66. The van der Waals surface area contributed by atoms with E-state index in [2.05, 4.69) is 10.9 Å². The number of amides is 3. The van der Waals surface area contributed by atoms with E-state index in [4.69, 9.17) is 9.47 Å². The molecule has 1 unspecified atom stereocenters. The number of ether oxygens (including phenoxy) is 2. The summed E-state index contributed by atoms with van der Waals surface area (Å²) in [7, 11) is 1.47. The minimum absolute atomic E-state index is 0.0573. The molecule has 0 aliphatic carbocycles. The molecule has 2 aromatic carbocycles. The number of hydrazine groups is 1. The van der Waals surface area contributed by atoms with Crippen molar-refractivity contribution < 1.29 is 23.9 Å². The molecule has 146 valence electrons. The van der Waals surface area contributed by atoms with Crippen molar-refractivity contribution in [1.29, 1.82) is 0 Å². The Kier molecular flexibility index (Phi) is 5.90. The van der Waals surface area contributed by atoms with E-state index in [0.717, 1.165) is 4.90 Å². The molecule has 0 saturated carbocycles. The van der Waals surface area contributed by atoms with Crippen LogP contribution in [0.1, 0.15) is 23.7 Å². The highest BCUT2D eigenvalue weighted by Crippen LogP contribution is 2.25. The van der Waals surface area contributed by atoms with Crippen molar-refractivity contribution in [2.24, 2.45) is 0 Å². The fraction of sp³-hybridized carbons (Fsp3) is 0.250. The molecule has 0 spiro atoms. The van der Waals surface area contributed by atoms with Crippen LogP contribution in [0.25, 0.3) is 0 Å². The topological polar surface area (TPSA) is 97.0 Å². The van der Waals surface area contributed by atoms with Crippen LogP contribution in [0.2, 0.25) is 0 Å². The van der Waals surface area contributed by atoms with Crippen LogP contribution in [-0.4, -0.2) is 37.5 Å². The van der Waals surface area contributed by atoms with Crippen molar-refractivity contribution in [3.8, 4) is 11.5 Å². The summed E-state index contributed by atoms with van der Waals surface area (Å²) in [5.41, 5.74) is 5.90. The maximum absolute atomic E-state index is 12.6. The highest BCUT2D eigenvalue weighted by molar-refractivity contribution is 6.22. The van der Waals surface area contributed by atoms with Gasteiger partial charge in [-0.15, -0.1) is 0 Å². The first-order valence-electron chi connectivity index (χ1n) is 8.83. The number of para-hydroxylation sites is 1.